The highest BCUT2D eigenvalue weighted by Crippen LogP contribution is 2.32. The average Bonchev–Trinajstić information content (AvgIpc) is 3.40. The lowest BCUT2D eigenvalue weighted by Crippen LogP contribution is -2.43. The van der Waals surface area contributed by atoms with Crippen molar-refractivity contribution in [1.82, 2.24) is 14.3 Å². The maximum Gasteiger partial charge on any atom is 0.228 e. The van der Waals surface area contributed by atoms with Gasteiger partial charge in [0.15, 0.2) is 0 Å². The van der Waals surface area contributed by atoms with E-state index in [4.69, 9.17) is 0 Å². The van der Waals surface area contributed by atoms with E-state index < -0.39 is 0 Å². The summed E-state index contributed by atoms with van der Waals surface area (Å²) < 4.78 is 14.6. The predicted octanol–water partition coefficient (Wildman–Crippen LogP) is 3.04. The smallest absolute Gasteiger partial charge is 0.228 e. The van der Waals surface area contributed by atoms with Crippen LogP contribution in [0.4, 0.5) is 15.9 Å². The number of nitrogens with zero attached hydrogens (tertiary/aromatic N) is 3. The monoisotopic (exact) mass is 377 g/mol. The minimum absolute atomic E-state index is 0.0726. The van der Waals surface area contributed by atoms with Crippen molar-refractivity contribution in [3.8, 4) is 0 Å². The van der Waals surface area contributed by atoms with Crippen molar-refractivity contribution in [1.29, 1.82) is 0 Å². The number of nitrogens with one attached hydrogen (secondary N) is 2. The highest BCUT2D eigenvalue weighted by molar-refractivity contribution is 7.97. The quantitative estimate of drug-likeness (QED) is 0.574. The molecule has 0 unspecified atom stereocenters. The number of hydrogen-bond donors (Lipinski definition) is 2. The van der Waals surface area contributed by atoms with Crippen LogP contribution in [0.25, 0.3) is 11.0 Å². The minimum Gasteiger partial charge on any atom is -0.368 e. The second kappa shape index (κ2) is 7.84. The van der Waals surface area contributed by atoms with Crippen LogP contribution >= 0.6 is 11.9 Å². The van der Waals surface area contributed by atoms with Crippen molar-refractivity contribution in [3.05, 3.63) is 18.3 Å². The Morgan fingerprint density at radius 2 is 2.15 bits per heavy atom. The number of carbonyl (C=O) groups excluding carboxylic acids is 1. The van der Waals surface area contributed by atoms with Crippen LogP contribution in [0.3, 0.4) is 0 Å². The summed E-state index contributed by atoms with van der Waals surface area (Å²) in [5, 5.41) is 4.04. The molecule has 1 saturated heterocycles. The predicted molar refractivity (Wildman–Crippen MR) is 104 cm³/mol. The zero-order valence-electron chi connectivity index (χ0n) is 14.7. The zero-order valence-corrected chi connectivity index (χ0v) is 15.5. The molecule has 1 amide bonds. The van der Waals surface area contributed by atoms with Crippen molar-refractivity contribution >= 4 is 40.4 Å². The van der Waals surface area contributed by atoms with Gasteiger partial charge in [0.2, 0.25) is 5.91 Å². The Balaban J connectivity index is 1.47. The van der Waals surface area contributed by atoms with Crippen LogP contribution in [-0.4, -0.2) is 58.8 Å². The van der Waals surface area contributed by atoms with E-state index in [0.29, 0.717) is 12.2 Å². The molecule has 1 saturated carbocycles. The number of halogens is 1. The SMILES string of the molecule is O=C(Nc1cc(N2CCN(SCCCF)CC2)c2cc[nH]c2n1)C1CC1. The first-order valence-electron chi connectivity index (χ1n) is 9.22. The molecular weight excluding hydrogens is 353 g/mol. The molecule has 8 heteroatoms. The third-order valence-electron chi connectivity index (χ3n) is 4.84. The van der Waals surface area contributed by atoms with Crippen molar-refractivity contribution in [2.24, 2.45) is 5.92 Å². The van der Waals surface area contributed by atoms with E-state index in [1.165, 1.54) is 0 Å². The molecule has 2 aromatic heterocycles. The average molecular weight is 377 g/mol. The number of H-pyrrole nitrogens is 1. The van der Waals surface area contributed by atoms with Gasteiger partial charge in [0.05, 0.1) is 12.4 Å². The summed E-state index contributed by atoms with van der Waals surface area (Å²) in [6.07, 6.45) is 4.46. The van der Waals surface area contributed by atoms with E-state index in [9.17, 15) is 9.18 Å². The van der Waals surface area contributed by atoms with Gasteiger partial charge in [-0.25, -0.2) is 9.29 Å². The highest BCUT2D eigenvalue weighted by Gasteiger charge is 2.30. The summed E-state index contributed by atoms with van der Waals surface area (Å²) in [6, 6.07) is 4.02. The van der Waals surface area contributed by atoms with Gasteiger partial charge in [-0.05, 0) is 25.3 Å². The van der Waals surface area contributed by atoms with Gasteiger partial charge in [-0.15, -0.1) is 0 Å². The first kappa shape index (κ1) is 17.6. The third-order valence-corrected chi connectivity index (χ3v) is 6.04. The standard InChI is InChI=1S/C18H24FN5OS/c19-5-1-11-26-24-9-7-23(8-10-24)15-12-16(22-18(25)13-2-3-13)21-17-14(15)4-6-20-17/h4,6,12-13H,1-3,5,7-11H2,(H2,20,21,22,25). The molecule has 3 heterocycles. The van der Waals surface area contributed by atoms with Crippen LogP contribution in [0.15, 0.2) is 18.3 Å². The number of rotatable bonds is 7. The number of anilines is 2. The Hall–Kier alpha value is -1.80. The molecule has 1 aliphatic heterocycles. The summed E-state index contributed by atoms with van der Waals surface area (Å²) >= 11 is 1.74. The molecule has 140 valence electrons. The first-order chi connectivity index (χ1) is 12.7. The fraction of sp³-hybridized carbons (Fsp3) is 0.556. The molecule has 2 aromatic rings. The molecule has 0 aromatic carbocycles. The number of amides is 1. The van der Waals surface area contributed by atoms with Crippen molar-refractivity contribution in [2.75, 3.05) is 48.8 Å². The van der Waals surface area contributed by atoms with Crippen LogP contribution in [0.1, 0.15) is 19.3 Å². The fourth-order valence-corrected chi connectivity index (χ4v) is 4.14. The Morgan fingerprint density at radius 1 is 1.35 bits per heavy atom. The number of carbonyl (C=O) groups is 1. The maximum atomic E-state index is 12.3. The van der Waals surface area contributed by atoms with E-state index in [0.717, 1.165) is 61.5 Å². The summed E-state index contributed by atoms with van der Waals surface area (Å²) in [5.41, 5.74) is 1.91. The topological polar surface area (TPSA) is 64.3 Å². The van der Waals surface area contributed by atoms with Crippen molar-refractivity contribution in [2.45, 2.75) is 19.3 Å². The van der Waals surface area contributed by atoms with Crippen LogP contribution in [0.2, 0.25) is 0 Å². The second-order valence-electron chi connectivity index (χ2n) is 6.82. The second-order valence-corrected chi connectivity index (χ2v) is 8.00. The van der Waals surface area contributed by atoms with Gasteiger partial charge >= 0.3 is 0 Å². The molecule has 0 spiro atoms. The van der Waals surface area contributed by atoms with Gasteiger partial charge in [-0.2, -0.15) is 0 Å². The van der Waals surface area contributed by atoms with Crippen LogP contribution in [0.5, 0.6) is 0 Å². The van der Waals surface area contributed by atoms with Gasteiger partial charge in [0.1, 0.15) is 11.5 Å². The number of piperazine rings is 1. The maximum absolute atomic E-state index is 12.3. The number of fused-ring (bicyclic) bond motifs is 1. The van der Waals surface area contributed by atoms with Crippen LogP contribution in [-0.2, 0) is 4.79 Å². The molecule has 2 fully saturated rings. The Labute approximate surface area is 156 Å². The molecule has 2 N–H and O–H groups in total. The van der Waals surface area contributed by atoms with Crippen LogP contribution < -0.4 is 10.2 Å². The molecule has 2 aliphatic rings. The van der Waals surface area contributed by atoms with E-state index in [2.05, 4.69) is 24.5 Å². The summed E-state index contributed by atoms with van der Waals surface area (Å²) in [6.45, 7) is 3.45. The lowest BCUT2D eigenvalue weighted by Gasteiger charge is -2.35. The van der Waals surface area contributed by atoms with Gasteiger partial charge in [-0.3, -0.25) is 9.18 Å². The number of aromatic nitrogens is 2. The fourth-order valence-electron chi connectivity index (χ4n) is 3.23. The molecule has 4 rings (SSSR count). The van der Waals surface area contributed by atoms with Gasteiger partial charge < -0.3 is 15.2 Å². The molecule has 26 heavy (non-hydrogen) atoms. The van der Waals surface area contributed by atoms with E-state index in [1.807, 2.05) is 18.3 Å². The van der Waals surface area contributed by atoms with Gasteiger partial charge in [0.25, 0.3) is 0 Å². The first-order valence-corrected chi connectivity index (χ1v) is 10.2. The zero-order chi connectivity index (χ0) is 17.9. The molecule has 0 radical (unpaired) electrons. The summed E-state index contributed by atoms with van der Waals surface area (Å²) in [4.78, 5) is 22.1. The van der Waals surface area contributed by atoms with E-state index in [1.54, 1.807) is 11.9 Å². The van der Waals surface area contributed by atoms with Crippen molar-refractivity contribution in [3.63, 3.8) is 0 Å². The van der Waals surface area contributed by atoms with E-state index >= 15 is 0 Å². The number of aromatic amines is 1. The third kappa shape index (κ3) is 3.96. The molecule has 1 aliphatic carbocycles. The highest BCUT2D eigenvalue weighted by atomic mass is 32.2. The number of alkyl halides is 1. The largest absolute Gasteiger partial charge is 0.368 e. The molecule has 0 atom stereocenters. The lowest BCUT2D eigenvalue weighted by molar-refractivity contribution is -0.117. The summed E-state index contributed by atoms with van der Waals surface area (Å²) in [5.74, 6) is 1.69. The van der Waals surface area contributed by atoms with Crippen LogP contribution in [0, 0.1) is 5.92 Å². The van der Waals surface area contributed by atoms with E-state index in [-0.39, 0.29) is 18.5 Å². The Kier molecular flexibility index (Phi) is 5.31. The Bertz CT molecular complexity index is 770. The lowest BCUT2D eigenvalue weighted by atomic mass is 10.2. The van der Waals surface area contributed by atoms with Gasteiger partial charge in [0, 0.05) is 55.5 Å². The molecule has 6 nitrogen and oxygen atoms in total. The number of hydrogen-bond acceptors (Lipinski definition) is 5. The number of pyridine rings is 1. The Morgan fingerprint density at radius 3 is 2.88 bits per heavy atom. The minimum atomic E-state index is -0.245. The van der Waals surface area contributed by atoms with Crippen molar-refractivity contribution < 1.29 is 9.18 Å². The summed E-state index contributed by atoms with van der Waals surface area (Å²) in [7, 11) is 0. The van der Waals surface area contributed by atoms with Gasteiger partial charge in [-0.1, -0.05) is 11.9 Å². The normalized spacial score (nSPS) is 18.4. The molecule has 0 bridgehead atoms. The molecular formula is C18H24FN5OS.